The second-order valence-corrected chi connectivity index (χ2v) is 8.18. The van der Waals surface area contributed by atoms with Gasteiger partial charge in [0.25, 0.3) is 11.6 Å². The number of carbonyl (C=O) groups excluding carboxylic acids is 1. The van der Waals surface area contributed by atoms with E-state index in [0.717, 1.165) is 16.7 Å². The first-order chi connectivity index (χ1) is 15.8. The van der Waals surface area contributed by atoms with Crippen molar-refractivity contribution in [1.82, 2.24) is 0 Å². The minimum absolute atomic E-state index is 0.0592. The SMILES string of the molecule is Cc1cc(O)c(C(C)C)cc1N1C(c2ccccc2)=NC(=O)/C1=C/c1cccc([N+](=O)[O-])c1. The van der Waals surface area contributed by atoms with E-state index in [2.05, 4.69) is 4.99 Å². The zero-order valence-electron chi connectivity index (χ0n) is 18.5. The first-order valence-electron chi connectivity index (χ1n) is 10.5. The molecule has 0 saturated heterocycles. The third-order valence-electron chi connectivity index (χ3n) is 5.50. The highest BCUT2D eigenvalue weighted by Gasteiger charge is 2.33. The van der Waals surface area contributed by atoms with Crippen LogP contribution in [0.25, 0.3) is 6.08 Å². The van der Waals surface area contributed by atoms with E-state index in [1.807, 2.05) is 57.2 Å². The first kappa shape index (κ1) is 22.0. The fraction of sp³-hybridized carbons (Fsp3) is 0.154. The van der Waals surface area contributed by atoms with Gasteiger partial charge in [0.15, 0.2) is 0 Å². The van der Waals surface area contributed by atoms with Gasteiger partial charge in [0.2, 0.25) is 0 Å². The van der Waals surface area contributed by atoms with Gasteiger partial charge in [0, 0.05) is 17.7 Å². The van der Waals surface area contributed by atoms with E-state index in [0.29, 0.717) is 17.1 Å². The van der Waals surface area contributed by atoms with Crippen LogP contribution in [0.5, 0.6) is 5.75 Å². The smallest absolute Gasteiger partial charge is 0.296 e. The van der Waals surface area contributed by atoms with Crippen LogP contribution in [-0.2, 0) is 4.79 Å². The van der Waals surface area contributed by atoms with Gasteiger partial charge in [-0.3, -0.25) is 19.8 Å². The number of rotatable bonds is 5. The molecule has 0 spiro atoms. The fourth-order valence-corrected chi connectivity index (χ4v) is 3.85. The van der Waals surface area contributed by atoms with Gasteiger partial charge in [-0.15, -0.1) is 0 Å². The summed E-state index contributed by atoms with van der Waals surface area (Å²) in [5.74, 6) is 0.267. The van der Waals surface area contributed by atoms with Crippen LogP contribution in [0.3, 0.4) is 0 Å². The molecule has 0 atom stereocenters. The number of hydrogen-bond donors (Lipinski definition) is 1. The Balaban J connectivity index is 1.93. The van der Waals surface area contributed by atoms with E-state index in [9.17, 15) is 20.0 Å². The summed E-state index contributed by atoms with van der Waals surface area (Å²) < 4.78 is 0. The van der Waals surface area contributed by atoms with Gasteiger partial charge in [0.05, 0.1) is 10.6 Å². The molecule has 1 amide bonds. The molecule has 0 aliphatic carbocycles. The van der Waals surface area contributed by atoms with E-state index in [4.69, 9.17) is 0 Å². The number of benzene rings is 3. The standard InChI is InChI=1S/C26H23N3O4/c1-16(2)21-15-22(17(3)12-24(21)30)28-23(14-18-8-7-11-20(13-18)29(32)33)26(31)27-25(28)19-9-5-4-6-10-19/h4-16,30H,1-3H3/b23-14-. The summed E-state index contributed by atoms with van der Waals surface area (Å²) in [4.78, 5) is 29.9. The number of carbonyl (C=O) groups is 1. The fourth-order valence-electron chi connectivity index (χ4n) is 3.85. The predicted molar refractivity (Wildman–Crippen MR) is 128 cm³/mol. The van der Waals surface area contributed by atoms with Crippen molar-refractivity contribution in [1.29, 1.82) is 0 Å². The molecule has 0 bridgehead atoms. The average molecular weight is 441 g/mol. The van der Waals surface area contributed by atoms with Gasteiger partial charge in [-0.2, -0.15) is 4.99 Å². The number of amidine groups is 1. The average Bonchev–Trinajstić information content (AvgIpc) is 3.10. The molecule has 0 aromatic heterocycles. The number of phenols is 1. The van der Waals surface area contributed by atoms with Crippen LogP contribution in [0.1, 0.15) is 42.0 Å². The molecule has 1 aliphatic heterocycles. The number of phenolic OH excluding ortho intramolecular Hbond substituents is 1. The van der Waals surface area contributed by atoms with Gasteiger partial charge < -0.3 is 5.11 Å². The number of non-ortho nitro benzene ring substituents is 1. The van der Waals surface area contributed by atoms with Crippen molar-refractivity contribution in [2.24, 2.45) is 4.99 Å². The molecule has 0 unspecified atom stereocenters. The summed E-state index contributed by atoms with van der Waals surface area (Å²) in [7, 11) is 0. The van der Waals surface area contributed by atoms with Crippen molar-refractivity contribution in [3.05, 3.63) is 105 Å². The first-order valence-corrected chi connectivity index (χ1v) is 10.5. The normalized spacial score (nSPS) is 14.8. The second-order valence-electron chi connectivity index (χ2n) is 8.18. The Morgan fingerprint density at radius 3 is 2.45 bits per heavy atom. The van der Waals surface area contributed by atoms with Crippen LogP contribution >= 0.6 is 0 Å². The lowest BCUT2D eigenvalue weighted by molar-refractivity contribution is -0.384. The molecule has 7 heteroatoms. The van der Waals surface area contributed by atoms with Crippen molar-refractivity contribution < 1.29 is 14.8 Å². The van der Waals surface area contributed by atoms with Crippen LogP contribution < -0.4 is 4.90 Å². The Kier molecular flexibility index (Phi) is 5.79. The molecular weight excluding hydrogens is 418 g/mol. The molecule has 3 aromatic carbocycles. The summed E-state index contributed by atoms with van der Waals surface area (Å²) >= 11 is 0. The molecular formula is C26H23N3O4. The predicted octanol–water partition coefficient (Wildman–Crippen LogP) is 5.57. The van der Waals surface area contributed by atoms with Crippen molar-refractivity contribution in [3.63, 3.8) is 0 Å². The van der Waals surface area contributed by atoms with E-state index in [-0.39, 0.29) is 23.1 Å². The van der Waals surface area contributed by atoms with Crippen LogP contribution in [0.15, 0.2) is 77.4 Å². The zero-order chi connectivity index (χ0) is 23.7. The number of amides is 1. The Labute approximate surface area is 191 Å². The molecule has 0 saturated carbocycles. The maximum Gasteiger partial charge on any atom is 0.296 e. The minimum Gasteiger partial charge on any atom is -0.508 e. The van der Waals surface area contributed by atoms with E-state index in [1.165, 1.54) is 12.1 Å². The number of aliphatic imine (C=N–C) groups is 1. The molecule has 166 valence electrons. The zero-order valence-corrected chi connectivity index (χ0v) is 18.5. The summed E-state index contributed by atoms with van der Waals surface area (Å²) in [5, 5.41) is 21.7. The van der Waals surface area contributed by atoms with Gasteiger partial charge >= 0.3 is 0 Å². The number of nitro groups is 1. The van der Waals surface area contributed by atoms with Gasteiger partial charge in [-0.1, -0.05) is 56.3 Å². The van der Waals surface area contributed by atoms with Crippen molar-refractivity contribution >= 4 is 29.2 Å². The number of hydrogen-bond acceptors (Lipinski definition) is 5. The molecule has 3 aromatic rings. The van der Waals surface area contributed by atoms with Crippen LogP contribution in [-0.4, -0.2) is 21.8 Å². The number of nitrogens with zero attached hydrogens (tertiary/aromatic N) is 3. The van der Waals surface area contributed by atoms with E-state index < -0.39 is 10.8 Å². The molecule has 1 heterocycles. The molecule has 0 fully saturated rings. The molecule has 7 nitrogen and oxygen atoms in total. The van der Waals surface area contributed by atoms with Crippen LogP contribution in [0, 0.1) is 17.0 Å². The summed E-state index contributed by atoms with van der Waals surface area (Å²) in [6.07, 6.45) is 1.61. The highest BCUT2D eigenvalue weighted by Crippen LogP contribution is 2.37. The number of anilines is 1. The largest absolute Gasteiger partial charge is 0.508 e. The maximum atomic E-state index is 13.1. The van der Waals surface area contributed by atoms with Crippen LogP contribution in [0.2, 0.25) is 0 Å². The quantitative estimate of drug-likeness (QED) is 0.317. The Morgan fingerprint density at radius 1 is 1.06 bits per heavy atom. The number of aromatic hydroxyl groups is 1. The van der Waals surface area contributed by atoms with E-state index >= 15 is 0 Å². The third-order valence-corrected chi connectivity index (χ3v) is 5.50. The maximum absolute atomic E-state index is 13.1. The monoisotopic (exact) mass is 441 g/mol. The van der Waals surface area contributed by atoms with Crippen molar-refractivity contribution in [3.8, 4) is 5.75 Å². The number of nitro benzene ring substituents is 1. The molecule has 0 radical (unpaired) electrons. The van der Waals surface area contributed by atoms with Gasteiger partial charge in [-0.25, -0.2) is 0 Å². The lowest BCUT2D eigenvalue weighted by Gasteiger charge is -2.25. The lowest BCUT2D eigenvalue weighted by atomic mass is 9.98. The topological polar surface area (TPSA) is 96.0 Å². The second kappa shape index (κ2) is 8.70. The molecule has 1 aliphatic rings. The summed E-state index contributed by atoms with van der Waals surface area (Å²) in [6.45, 7) is 5.82. The molecule has 1 N–H and O–H groups in total. The van der Waals surface area contributed by atoms with Crippen molar-refractivity contribution in [2.45, 2.75) is 26.7 Å². The summed E-state index contributed by atoms with van der Waals surface area (Å²) in [6, 6.07) is 19.0. The Hall–Kier alpha value is -4.26. The molecule has 33 heavy (non-hydrogen) atoms. The number of aryl methyl sites for hydroxylation is 1. The molecule has 4 rings (SSSR count). The van der Waals surface area contributed by atoms with Crippen LogP contribution in [0.4, 0.5) is 11.4 Å². The lowest BCUT2D eigenvalue weighted by Crippen LogP contribution is -2.28. The minimum atomic E-state index is -0.471. The highest BCUT2D eigenvalue weighted by molar-refractivity contribution is 6.28. The highest BCUT2D eigenvalue weighted by atomic mass is 16.6. The Morgan fingerprint density at radius 2 is 1.79 bits per heavy atom. The van der Waals surface area contributed by atoms with Gasteiger partial charge in [-0.05, 0) is 47.7 Å². The van der Waals surface area contributed by atoms with E-state index in [1.54, 1.807) is 29.2 Å². The third kappa shape index (κ3) is 4.25. The van der Waals surface area contributed by atoms with Gasteiger partial charge in [0.1, 0.15) is 17.3 Å². The van der Waals surface area contributed by atoms with Crippen molar-refractivity contribution in [2.75, 3.05) is 4.90 Å². The summed E-state index contributed by atoms with van der Waals surface area (Å²) in [5.41, 5.74) is 3.71. The Bertz CT molecular complexity index is 1310.